The summed E-state index contributed by atoms with van der Waals surface area (Å²) in [4.78, 5) is 12.0. The molecule has 0 bridgehead atoms. The molecule has 0 atom stereocenters. The highest BCUT2D eigenvalue weighted by Gasteiger charge is 2.27. The van der Waals surface area contributed by atoms with Crippen molar-refractivity contribution in [2.75, 3.05) is 26.7 Å². The van der Waals surface area contributed by atoms with Gasteiger partial charge in [0.1, 0.15) is 11.6 Å². The van der Waals surface area contributed by atoms with Gasteiger partial charge >= 0.3 is 0 Å². The molecule has 1 fully saturated rings. The highest BCUT2D eigenvalue weighted by molar-refractivity contribution is 5.94. The molecule has 1 heterocycles. The quantitative estimate of drug-likeness (QED) is 0.896. The number of amides is 1. The minimum absolute atomic E-state index is 0. The summed E-state index contributed by atoms with van der Waals surface area (Å²) in [5.74, 6) is -0.522. The summed E-state index contributed by atoms with van der Waals surface area (Å²) in [6, 6.07) is 4.26. The van der Waals surface area contributed by atoms with Crippen LogP contribution in [-0.2, 0) is 0 Å². The van der Waals surface area contributed by atoms with E-state index < -0.39 is 5.82 Å². The van der Waals surface area contributed by atoms with Gasteiger partial charge in [0.05, 0.1) is 12.7 Å². The van der Waals surface area contributed by atoms with Crippen molar-refractivity contribution >= 4 is 18.3 Å². The first-order valence-electron chi connectivity index (χ1n) is 6.86. The largest absolute Gasteiger partial charge is 0.497 e. The predicted molar refractivity (Wildman–Crippen MR) is 82.7 cm³/mol. The van der Waals surface area contributed by atoms with Crippen LogP contribution in [0, 0.1) is 11.2 Å². The molecule has 1 saturated heterocycles. The topological polar surface area (TPSA) is 50.4 Å². The summed E-state index contributed by atoms with van der Waals surface area (Å²) >= 11 is 0. The fourth-order valence-electron chi connectivity index (χ4n) is 2.40. The zero-order valence-electron chi connectivity index (χ0n) is 12.4. The van der Waals surface area contributed by atoms with Crippen molar-refractivity contribution in [3.63, 3.8) is 0 Å². The van der Waals surface area contributed by atoms with E-state index in [-0.39, 0.29) is 29.3 Å². The molecule has 118 valence electrons. The van der Waals surface area contributed by atoms with E-state index in [9.17, 15) is 9.18 Å². The van der Waals surface area contributed by atoms with E-state index in [0.717, 1.165) is 25.9 Å². The normalized spacial score (nSPS) is 16.7. The van der Waals surface area contributed by atoms with Crippen LogP contribution in [0.25, 0.3) is 0 Å². The summed E-state index contributed by atoms with van der Waals surface area (Å²) in [7, 11) is 1.46. The molecular weight excluding hydrogens is 295 g/mol. The second kappa shape index (κ2) is 7.61. The standard InChI is InChI=1S/C15H21FN2O2.ClH/c1-15(5-7-17-8-6-15)10-18-14(19)12-4-3-11(20-2)9-13(12)16;/h3-4,9,17H,5-8,10H2,1-2H3,(H,18,19);1H. The highest BCUT2D eigenvalue weighted by Crippen LogP contribution is 2.27. The lowest BCUT2D eigenvalue weighted by Gasteiger charge is -2.34. The Labute approximate surface area is 130 Å². The van der Waals surface area contributed by atoms with E-state index >= 15 is 0 Å². The highest BCUT2D eigenvalue weighted by atomic mass is 35.5. The van der Waals surface area contributed by atoms with Crippen molar-refractivity contribution in [2.45, 2.75) is 19.8 Å². The van der Waals surface area contributed by atoms with E-state index in [1.165, 1.54) is 19.2 Å². The van der Waals surface area contributed by atoms with Crippen LogP contribution in [-0.4, -0.2) is 32.7 Å². The van der Waals surface area contributed by atoms with Crippen molar-refractivity contribution in [3.8, 4) is 5.75 Å². The Bertz CT molecular complexity index is 491. The Morgan fingerprint density at radius 2 is 2.10 bits per heavy atom. The molecule has 1 aliphatic rings. The van der Waals surface area contributed by atoms with E-state index in [4.69, 9.17) is 4.74 Å². The SMILES string of the molecule is COc1ccc(C(=O)NCC2(C)CCNCC2)c(F)c1.Cl. The van der Waals surface area contributed by atoms with Crippen LogP contribution < -0.4 is 15.4 Å². The Balaban J connectivity index is 0.00000220. The van der Waals surface area contributed by atoms with Crippen LogP contribution in [0.2, 0.25) is 0 Å². The number of halogens is 2. The van der Waals surface area contributed by atoms with Gasteiger partial charge in [0, 0.05) is 12.6 Å². The van der Waals surface area contributed by atoms with Gasteiger partial charge in [-0.05, 0) is 43.5 Å². The first-order valence-corrected chi connectivity index (χ1v) is 6.86. The minimum atomic E-state index is -0.558. The smallest absolute Gasteiger partial charge is 0.254 e. The molecule has 0 radical (unpaired) electrons. The molecule has 6 heteroatoms. The predicted octanol–water partition coefficient (Wildman–Crippen LogP) is 2.38. The Morgan fingerprint density at radius 3 is 2.67 bits per heavy atom. The fraction of sp³-hybridized carbons (Fsp3) is 0.533. The minimum Gasteiger partial charge on any atom is -0.497 e. The first-order chi connectivity index (χ1) is 9.54. The molecular formula is C15H22ClFN2O2. The number of carbonyl (C=O) groups is 1. The first kappa shape index (κ1) is 17.7. The van der Waals surface area contributed by atoms with Crippen LogP contribution in [0.15, 0.2) is 18.2 Å². The van der Waals surface area contributed by atoms with Gasteiger partial charge in [-0.1, -0.05) is 6.92 Å². The van der Waals surface area contributed by atoms with Crippen LogP contribution >= 0.6 is 12.4 Å². The molecule has 21 heavy (non-hydrogen) atoms. The zero-order chi connectivity index (χ0) is 14.6. The number of carbonyl (C=O) groups excluding carboxylic acids is 1. The number of hydrogen-bond donors (Lipinski definition) is 2. The Kier molecular flexibility index (Phi) is 6.42. The van der Waals surface area contributed by atoms with Crippen molar-refractivity contribution in [1.82, 2.24) is 10.6 Å². The van der Waals surface area contributed by atoms with Gasteiger partial charge in [0.25, 0.3) is 5.91 Å². The third-order valence-corrected chi connectivity index (χ3v) is 3.91. The number of hydrogen-bond acceptors (Lipinski definition) is 3. The van der Waals surface area contributed by atoms with Crippen LogP contribution in [0.4, 0.5) is 4.39 Å². The molecule has 2 rings (SSSR count). The van der Waals surface area contributed by atoms with E-state index in [1.807, 2.05) is 0 Å². The van der Waals surface area contributed by atoms with Crippen LogP contribution in [0.1, 0.15) is 30.1 Å². The molecule has 2 N–H and O–H groups in total. The number of piperidine rings is 1. The lowest BCUT2D eigenvalue weighted by Crippen LogP contribution is -2.43. The number of ether oxygens (including phenoxy) is 1. The lowest BCUT2D eigenvalue weighted by atomic mass is 9.81. The molecule has 1 aromatic rings. The summed E-state index contributed by atoms with van der Waals surface area (Å²) in [5.41, 5.74) is 0.146. The summed E-state index contributed by atoms with van der Waals surface area (Å²) in [6.07, 6.45) is 2.02. The summed E-state index contributed by atoms with van der Waals surface area (Å²) < 4.78 is 18.7. The monoisotopic (exact) mass is 316 g/mol. The molecule has 0 unspecified atom stereocenters. The van der Waals surface area contributed by atoms with Crippen molar-refractivity contribution in [2.24, 2.45) is 5.41 Å². The lowest BCUT2D eigenvalue weighted by molar-refractivity contribution is 0.0918. The molecule has 0 spiro atoms. The molecule has 0 aliphatic carbocycles. The van der Waals surface area contributed by atoms with Crippen LogP contribution in [0.5, 0.6) is 5.75 Å². The summed E-state index contributed by atoms with van der Waals surface area (Å²) in [6.45, 7) is 4.64. The molecule has 0 saturated carbocycles. The molecule has 0 aromatic heterocycles. The van der Waals surface area contributed by atoms with Crippen molar-refractivity contribution < 1.29 is 13.9 Å². The van der Waals surface area contributed by atoms with Gasteiger partial charge in [0.15, 0.2) is 0 Å². The number of rotatable bonds is 4. The van der Waals surface area contributed by atoms with Crippen molar-refractivity contribution in [3.05, 3.63) is 29.6 Å². The second-order valence-electron chi connectivity index (χ2n) is 5.59. The second-order valence-corrected chi connectivity index (χ2v) is 5.59. The van der Waals surface area contributed by atoms with Gasteiger partial charge in [0.2, 0.25) is 0 Å². The maximum atomic E-state index is 13.8. The number of benzene rings is 1. The van der Waals surface area contributed by atoms with Crippen LogP contribution in [0.3, 0.4) is 0 Å². The average Bonchev–Trinajstić information content (AvgIpc) is 2.45. The number of nitrogens with one attached hydrogen (secondary N) is 2. The van der Waals surface area contributed by atoms with Gasteiger partial charge in [-0.15, -0.1) is 12.4 Å². The Morgan fingerprint density at radius 1 is 1.43 bits per heavy atom. The van der Waals surface area contributed by atoms with Gasteiger partial charge in [-0.2, -0.15) is 0 Å². The zero-order valence-corrected chi connectivity index (χ0v) is 13.2. The van der Waals surface area contributed by atoms with Crippen molar-refractivity contribution in [1.29, 1.82) is 0 Å². The number of methoxy groups -OCH3 is 1. The van der Waals surface area contributed by atoms with E-state index in [1.54, 1.807) is 6.07 Å². The average molecular weight is 317 g/mol. The van der Waals surface area contributed by atoms with Gasteiger partial charge < -0.3 is 15.4 Å². The molecule has 4 nitrogen and oxygen atoms in total. The van der Waals surface area contributed by atoms with Gasteiger partial charge in [-0.3, -0.25) is 4.79 Å². The molecule has 1 aromatic carbocycles. The van der Waals surface area contributed by atoms with E-state index in [2.05, 4.69) is 17.6 Å². The summed E-state index contributed by atoms with van der Waals surface area (Å²) in [5, 5.41) is 6.13. The third kappa shape index (κ3) is 4.58. The van der Waals surface area contributed by atoms with Gasteiger partial charge in [-0.25, -0.2) is 4.39 Å². The fourth-order valence-corrected chi connectivity index (χ4v) is 2.40. The third-order valence-electron chi connectivity index (χ3n) is 3.91. The Hall–Kier alpha value is -1.33. The molecule has 1 amide bonds. The maximum absolute atomic E-state index is 13.8. The maximum Gasteiger partial charge on any atom is 0.254 e. The van der Waals surface area contributed by atoms with E-state index in [0.29, 0.717) is 12.3 Å². The molecule has 1 aliphatic heterocycles.